The maximum absolute atomic E-state index is 12.8. The van der Waals surface area contributed by atoms with Crippen LogP contribution in [0.1, 0.15) is 50.4 Å². The smallest absolute Gasteiger partial charge is 0.410 e. The predicted molar refractivity (Wildman–Crippen MR) is 114 cm³/mol. The Balaban J connectivity index is 1.61. The van der Waals surface area contributed by atoms with Gasteiger partial charge in [0, 0.05) is 19.5 Å². The summed E-state index contributed by atoms with van der Waals surface area (Å²) >= 11 is 0. The first-order valence-corrected chi connectivity index (χ1v) is 10.3. The zero-order valence-corrected chi connectivity index (χ0v) is 17.8. The Kier molecular flexibility index (Phi) is 6.98. The third-order valence-electron chi connectivity index (χ3n) is 4.68. The largest absolute Gasteiger partial charge is 0.459 e. The molecule has 0 aromatic heterocycles. The summed E-state index contributed by atoms with van der Waals surface area (Å²) in [5.41, 5.74) is -0.146. The molecule has 1 unspecified atom stereocenters. The number of rotatable bonds is 4. The Bertz CT molecular complexity index is 859. The van der Waals surface area contributed by atoms with Crippen molar-refractivity contribution in [2.24, 2.45) is 0 Å². The summed E-state index contributed by atoms with van der Waals surface area (Å²) in [5, 5.41) is 0. The topological polar surface area (TPSA) is 65.1 Å². The second-order valence-electron chi connectivity index (χ2n) is 8.34. The number of amides is 1. The van der Waals surface area contributed by atoms with Crippen molar-refractivity contribution in [3.8, 4) is 11.5 Å². The normalized spacial score (nSPS) is 17.0. The van der Waals surface area contributed by atoms with Crippen molar-refractivity contribution in [1.29, 1.82) is 0 Å². The molecule has 6 nitrogen and oxygen atoms in total. The van der Waals surface area contributed by atoms with Crippen LogP contribution in [-0.2, 0) is 9.47 Å². The molecule has 0 spiro atoms. The Morgan fingerprint density at radius 1 is 0.933 bits per heavy atom. The number of para-hydroxylation sites is 2. The van der Waals surface area contributed by atoms with Gasteiger partial charge in [0.25, 0.3) is 0 Å². The second-order valence-corrected chi connectivity index (χ2v) is 8.34. The van der Waals surface area contributed by atoms with Crippen LogP contribution in [0.5, 0.6) is 11.5 Å². The van der Waals surface area contributed by atoms with E-state index in [0.717, 1.165) is 6.42 Å². The Morgan fingerprint density at radius 2 is 1.63 bits per heavy atom. The van der Waals surface area contributed by atoms with Crippen LogP contribution < -0.4 is 4.74 Å². The third kappa shape index (κ3) is 6.24. The highest BCUT2D eigenvalue weighted by molar-refractivity contribution is 5.92. The van der Waals surface area contributed by atoms with Crippen LogP contribution in [0.2, 0.25) is 0 Å². The molecule has 1 atom stereocenters. The summed E-state index contributed by atoms with van der Waals surface area (Å²) in [6.07, 6.45) is 1.45. The molecular weight excluding hydrogens is 382 g/mol. The molecule has 1 aliphatic rings. The van der Waals surface area contributed by atoms with Gasteiger partial charge in [0.05, 0.1) is 0 Å². The van der Waals surface area contributed by atoms with E-state index in [1.54, 1.807) is 23.1 Å². The first-order valence-electron chi connectivity index (χ1n) is 10.3. The second kappa shape index (κ2) is 9.65. The van der Waals surface area contributed by atoms with Crippen molar-refractivity contribution in [2.45, 2.75) is 51.7 Å². The summed E-state index contributed by atoms with van der Waals surface area (Å²) in [7, 11) is 0. The molecule has 1 amide bonds. The lowest BCUT2D eigenvalue weighted by atomic mass is 10.1. The molecule has 0 radical (unpaired) electrons. The third-order valence-corrected chi connectivity index (χ3v) is 4.68. The molecule has 0 N–H and O–H groups in total. The molecule has 1 saturated heterocycles. The lowest BCUT2D eigenvalue weighted by Gasteiger charge is -2.26. The minimum Gasteiger partial charge on any atom is -0.459 e. The molecular formula is C24H29NO5. The maximum atomic E-state index is 12.8. The van der Waals surface area contributed by atoms with Crippen LogP contribution in [0.3, 0.4) is 0 Å². The molecule has 3 rings (SSSR count). The highest BCUT2D eigenvalue weighted by Gasteiger charge is 2.27. The number of esters is 1. The van der Waals surface area contributed by atoms with Crippen LogP contribution in [0.4, 0.5) is 4.79 Å². The van der Waals surface area contributed by atoms with E-state index in [1.165, 1.54) is 0 Å². The average molecular weight is 411 g/mol. The predicted octanol–water partition coefficient (Wildman–Crippen LogP) is 5.43. The number of nitrogens with zero attached hydrogens (tertiary/aromatic N) is 1. The first kappa shape index (κ1) is 21.7. The summed E-state index contributed by atoms with van der Waals surface area (Å²) in [5.74, 6) is 0.690. The lowest BCUT2D eigenvalue weighted by Crippen LogP contribution is -2.37. The molecule has 0 bridgehead atoms. The fourth-order valence-electron chi connectivity index (χ4n) is 3.25. The minimum absolute atomic E-state index is 0.255. The lowest BCUT2D eigenvalue weighted by molar-refractivity contribution is 0.0214. The van der Waals surface area contributed by atoms with Crippen LogP contribution >= 0.6 is 0 Å². The molecule has 30 heavy (non-hydrogen) atoms. The molecule has 1 heterocycles. The fraction of sp³-hybridized carbons (Fsp3) is 0.417. The summed E-state index contributed by atoms with van der Waals surface area (Å²) in [6.45, 7) is 6.64. The van der Waals surface area contributed by atoms with Crippen molar-refractivity contribution in [2.75, 3.05) is 13.1 Å². The number of carbonyl (C=O) groups is 2. The zero-order valence-electron chi connectivity index (χ0n) is 17.8. The number of ether oxygens (including phenoxy) is 3. The molecule has 0 aliphatic carbocycles. The van der Waals surface area contributed by atoms with Gasteiger partial charge in [0.15, 0.2) is 0 Å². The number of benzene rings is 2. The number of likely N-dealkylation sites (tertiary alicyclic amines) is 1. The number of hydrogen-bond acceptors (Lipinski definition) is 5. The molecule has 0 saturated carbocycles. The van der Waals surface area contributed by atoms with Crippen molar-refractivity contribution < 1.29 is 23.8 Å². The van der Waals surface area contributed by atoms with Crippen molar-refractivity contribution in [3.63, 3.8) is 0 Å². The Morgan fingerprint density at radius 3 is 2.37 bits per heavy atom. The van der Waals surface area contributed by atoms with Gasteiger partial charge in [-0.1, -0.05) is 30.3 Å². The van der Waals surface area contributed by atoms with Crippen LogP contribution in [0, 0.1) is 0 Å². The number of carbonyl (C=O) groups excluding carboxylic acids is 2. The summed E-state index contributed by atoms with van der Waals surface area (Å²) < 4.78 is 17.1. The van der Waals surface area contributed by atoms with E-state index in [4.69, 9.17) is 14.2 Å². The molecule has 160 valence electrons. The van der Waals surface area contributed by atoms with Gasteiger partial charge in [0.2, 0.25) is 0 Å². The van der Waals surface area contributed by atoms with Gasteiger partial charge < -0.3 is 19.1 Å². The summed E-state index contributed by atoms with van der Waals surface area (Å²) in [4.78, 5) is 26.8. The van der Waals surface area contributed by atoms with E-state index in [-0.39, 0.29) is 12.2 Å². The average Bonchev–Trinajstić information content (AvgIpc) is 2.93. The SMILES string of the molecule is CC(C)(C)OC(=O)N1CCCC(OC(=O)c2ccccc2Oc2ccccc2)CC1. The fourth-order valence-corrected chi connectivity index (χ4v) is 3.25. The number of hydrogen-bond donors (Lipinski definition) is 0. The van der Waals surface area contributed by atoms with Crippen LogP contribution in [0.15, 0.2) is 54.6 Å². The van der Waals surface area contributed by atoms with Gasteiger partial charge >= 0.3 is 12.1 Å². The van der Waals surface area contributed by atoms with E-state index in [1.807, 2.05) is 57.2 Å². The van der Waals surface area contributed by atoms with E-state index in [2.05, 4.69) is 0 Å². The quantitative estimate of drug-likeness (QED) is 0.628. The van der Waals surface area contributed by atoms with Crippen molar-refractivity contribution >= 4 is 12.1 Å². The van der Waals surface area contributed by atoms with Gasteiger partial charge in [-0.25, -0.2) is 9.59 Å². The monoisotopic (exact) mass is 411 g/mol. The first-order chi connectivity index (χ1) is 14.3. The van der Waals surface area contributed by atoms with E-state index in [9.17, 15) is 9.59 Å². The highest BCUT2D eigenvalue weighted by atomic mass is 16.6. The zero-order chi connectivity index (χ0) is 21.6. The van der Waals surface area contributed by atoms with E-state index >= 15 is 0 Å². The molecule has 1 aliphatic heterocycles. The Labute approximate surface area is 177 Å². The van der Waals surface area contributed by atoms with Gasteiger partial charge in [-0.2, -0.15) is 0 Å². The summed E-state index contributed by atoms with van der Waals surface area (Å²) in [6, 6.07) is 16.4. The van der Waals surface area contributed by atoms with Crippen LogP contribution in [0.25, 0.3) is 0 Å². The van der Waals surface area contributed by atoms with Gasteiger partial charge in [0.1, 0.15) is 28.8 Å². The minimum atomic E-state index is -0.530. The Hall–Kier alpha value is -3.02. The van der Waals surface area contributed by atoms with Crippen molar-refractivity contribution in [1.82, 2.24) is 4.90 Å². The molecule has 2 aromatic carbocycles. The standard InChI is InChI=1S/C24H29NO5/c1-24(2,3)30-23(27)25-16-9-12-19(15-17-25)29-22(26)20-13-7-8-14-21(20)28-18-10-5-4-6-11-18/h4-8,10-11,13-14,19H,9,12,15-17H2,1-3H3. The van der Waals surface area contributed by atoms with Gasteiger partial charge in [-0.15, -0.1) is 0 Å². The van der Waals surface area contributed by atoms with Gasteiger partial charge in [-0.3, -0.25) is 0 Å². The van der Waals surface area contributed by atoms with E-state index < -0.39 is 11.6 Å². The molecule has 6 heteroatoms. The van der Waals surface area contributed by atoms with E-state index in [0.29, 0.717) is 43.0 Å². The molecule has 2 aromatic rings. The molecule has 1 fully saturated rings. The van der Waals surface area contributed by atoms with Crippen LogP contribution in [-0.4, -0.2) is 41.8 Å². The highest BCUT2D eigenvalue weighted by Crippen LogP contribution is 2.27. The van der Waals surface area contributed by atoms with Crippen molar-refractivity contribution in [3.05, 3.63) is 60.2 Å². The maximum Gasteiger partial charge on any atom is 0.410 e. The van der Waals surface area contributed by atoms with Gasteiger partial charge in [-0.05, 0) is 57.9 Å².